The molecule has 1 N–H and O–H groups in total. The third-order valence-corrected chi connectivity index (χ3v) is 12.3. The Morgan fingerprint density at radius 2 is 1.12 bits per heavy atom. The van der Waals surface area contributed by atoms with Crippen molar-refractivity contribution in [2.24, 2.45) is 0 Å². The molecular formula is C32H42O6S2. The van der Waals surface area contributed by atoms with Crippen LogP contribution in [-0.2, 0) is 33.1 Å². The van der Waals surface area contributed by atoms with E-state index in [-0.39, 0.29) is 22.5 Å². The molecule has 0 aliphatic heterocycles. The molecule has 0 amide bonds. The van der Waals surface area contributed by atoms with Crippen molar-refractivity contribution in [2.45, 2.75) is 137 Å². The first-order valence-electron chi connectivity index (χ1n) is 15.5. The molecular weight excluding hydrogens is 544 g/mol. The first-order valence-corrected chi connectivity index (χ1v) is 18.3. The van der Waals surface area contributed by atoms with Crippen molar-refractivity contribution in [3.63, 3.8) is 0 Å². The molecule has 3 fully saturated rings. The van der Waals surface area contributed by atoms with E-state index in [0.717, 1.165) is 81.8 Å². The molecule has 0 radical (unpaired) electrons. The van der Waals surface area contributed by atoms with Crippen molar-refractivity contribution in [1.82, 2.24) is 0 Å². The van der Waals surface area contributed by atoms with Crippen LogP contribution < -0.4 is 4.18 Å². The topological polar surface area (TPSA) is 97.7 Å². The summed E-state index contributed by atoms with van der Waals surface area (Å²) in [5.74, 6) is 1.14. The number of hydrogen-bond acceptors (Lipinski definition) is 5. The SMILES string of the molecule is O=S(=O)(O)c1ccc(OS(=O)(=O)c2c(C3CCCC3)cc(C3CCCC3)cc2C2CCCC2)c2c1CCCCC2. The van der Waals surface area contributed by atoms with E-state index in [4.69, 9.17) is 4.18 Å². The van der Waals surface area contributed by atoms with E-state index < -0.39 is 20.2 Å². The summed E-state index contributed by atoms with van der Waals surface area (Å²) in [5, 5.41) is 0. The molecule has 8 heteroatoms. The largest absolute Gasteiger partial charge is 0.379 e. The zero-order valence-corrected chi connectivity index (χ0v) is 25.0. The van der Waals surface area contributed by atoms with E-state index in [9.17, 15) is 21.4 Å². The molecule has 4 aliphatic carbocycles. The lowest BCUT2D eigenvalue weighted by Crippen LogP contribution is -2.19. The highest BCUT2D eigenvalue weighted by atomic mass is 32.2. The van der Waals surface area contributed by atoms with Gasteiger partial charge in [0.05, 0.1) is 4.90 Å². The van der Waals surface area contributed by atoms with Gasteiger partial charge in [-0.1, -0.05) is 57.1 Å². The number of hydrogen-bond donors (Lipinski definition) is 1. The molecule has 0 atom stereocenters. The van der Waals surface area contributed by atoms with E-state index in [1.807, 2.05) is 0 Å². The molecule has 2 aromatic rings. The standard InChI is InChI=1S/C32H42O6S2/c33-39(34,35)31-19-18-30(26-16-2-1-3-17-27(26)31)38-40(36,37)32-28(23-12-6-7-13-23)20-25(22-10-4-5-11-22)21-29(32)24-14-8-9-15-24/h18-24H,1-17H2,(H,33,34,35). The Bertz CT molecular complexity index is 1420. The number of rotatable bonds is 7. The second kappa shape index (κ2) is 11.4. The van der Waals surface area contributed by atoms with Gasteiger partial charge in [-0.3, -0.25) is 4.55 Å². The van der Waals surface area contributed by atoms with Gasteiger partial charge in [-0.25, -0.2) is 0 Å². The second-order valence-electron chi connectivity index (χ2n) is 12.6. The van der Waals surface area contributed by atoms with Gasteiger partial charge in [0, 0.05) is 5.56 Å². The van der Waals surface area contributed by atoms with Crippen LogP contribution in [0, 0.1) is 0 Å². The van der Waals surface area contributed by atoms with Crippen LogP contribution in [0.5, 0.6) is 5.75 Å². The molecule has 6 nitrogen and oxygen atoms in total. The van der Waals surface area contributed by atoms with Gasteiger partial charge in [-0.05, 0) is 116 Å². The summed E-state index contributed by atoms with van der Waals surface area (Å²) in [4.78, 5) is 0.252. The average molecular weight is 587 g/mol. The highest BCUT2D eigenvalue weighted by Gasteiger charge is 2.36. The van der Waals surface area contributed by atoms with Crippen LogP contribution in [0.25, 0.3) is 0 Å². The molecule has 0 unspecified atom stereocenters. The van der Waals surface area contributed by atoms with E-state index in [1.165, 1.54) is 43.4 Å². The smallest absolute Gasteiger partial charge is 0.339 e. The van der Waals surface area contributed by atoms with Crippen LogP contribution >= 0.6 is 0 Å². The molecule has 218 valence electrons. The summed E-state index contributed by atoms with van der Waals surface area (Å²) in [7, 11) is -8.62. The van der Waals surface area contributed by atoms with Crippen molar-refractivity contribution in [3.05, 3.63) is 52.1 Å². The van der Waals surface area contributed by atoms with Crippen molar-refractivity contribution < 1.29 is 25.6 Å². The third kappa shape index (κ3) is 5.60. The van der Waals surface area contributed by atoms with Crippen molar-refractivity contribution in [2.75, 3.05) is 0 Å². The summed E-state index contributed by atoms with van der Waals surface area (Å²) >= 11 is 0. The molecule has 0 aromatic heterocycles. The number of fused-ring (bicyclic) bond motifs is 1. The zero-order valence-electron chi connectivity index (χ0n) is 23.4. The molecule has 0 saturated heterocycles. The molecule has 4 aliphatic rings. The minimum absolute atomic E-state index is 0.131. The van der Waals surface area contributed by atoms with Gasteiger partial charge in [0.2, 0.25) is 0 Å². The maximum Gasteiger partial charge on any atom is 0.339 e. The summed E-state index contributed by atoms with van der Waals surface area (Å²) in [6, 6.07) is 7.16. The van der Waals surface area contributed by atoms with Crippen molar-refractivity contribution in [3.8, 4) is 5.75 Å². The maximum absolute atomic E-state index is 14.5. The molecule has 0 bridgehead atoms. The van der Waals surface area contributed by atoms with E-state index >= 15 is 0 Å². The molecule has 0 spiro atoms. The lowest BCUT2D eigenvalue weighted by atomic mass is 9.85. The summed E-state index contributed by atoms with van der Waals surface area (Å²) in [5.41, 5.74) is 4.31. The van der Waals surface area contributed by atoms with Gasteiger partial charge in [0.25, 0.3) is 10.1 Å². The van der Waals surface area contributed by atoms with Crippen LogP contribution in [0.3, 0.4) is 0 Å². The summed E-state index contributed by atoms with van der Waals surface area (Å²) in [6.07, 6.45) is 16.8. The predicted molar refractivity (Wildman–Crippen MR) is 155 cm³/mol. The van der Waals surface area contributed by atoms with Gasteiger partial charge in [0.15, 0.2) is 0 Å². The lowest BCUT2D eigenvalue weighted by molar-refractivity contribution is 0.475. The predicted octanol–water partition coefficient (Wildman–Crippen LogP) is 7.94. The maximum atomic E-state index is 14.5. The van der Waals surface area contributed by atoms with Gasteiger partial charge < -0.3 is 4.18 Å². The lowest BCUT2D eigenvalue weighted by Gasteiger charge is -2.26. The number of benzene rings is 2. The normalized spacial score (nSPS) is 21.5. The van der Waals surface area contributed by atoms with Gasteiger partial charge in [-0.15, -0.1) is 0 Å². The van der Waals surface area contributed by atoms with Gasteiger partial charge in [0.1, 0.15) is 10.6 Å². The quantitative estimate of drug-likeness (QED) is 0.201. The Morgan fingerprint density at radius 1 is 0.625 bits per heavy atom. The van der Waals surface area contributed by atoms with E-state index in [1.54, 1.807) is 0 Å². The molecule has 3 saturated carbocycles. The Hall–Kier alpha value is -1.90. The summed E-state index contributed by atoms with van der Waals surface area (Å²) in [6.45, 7) is 0. The average Bonchev–Trinajstić information content (AvgIpc) is 3.70. The van der Waals surface area contributed by atoms with Crippen LogP contribution in [-0.4, -0.2) is 21.4 Å². The Morgan fingerprint density at radius 3 is 1.65 bits per heavy atom. The first kappa shape index (κ1) is 28.2. The van der Waals surface area contributed by atoms with Crippen molar-refractivity contribution in [1.29, 1.82) is 0 Å². The van der Waals surface area contributed by atoms with E-state index in [2.05, 4.69) is 12.1 Å². The highest BCUT2D eigenvalue weighted by molar-refractivity contribution is 7.87. The van der Waals surface area contributed by atoms with Gasteiger partial charge in [-0.2, -0.15) is 16.8 Å². The minimum Gasteiger partial charge on any atom is -0.379 e. The zero-order chi connectivity index (χ0) is 27.9. The summed E-state index contributed by atoms with van der Waals surface area (Å²) < 4.78 is 69.2. The molecule has 0 heterocycles. The minimum atomic E-state index is -4.43. The first-order chi connectivity index (χ1) is 19.2. The monoisotopic (exact) mass is 586 g/mol. The van der Waals surface area contributed by atoms with Crippen molar-refractivity contribution >= 4 is 20.2 Å². The molecule has 6 rings (SSSR count). The van der Waals surface area contributed by atoms with E-state index in [0.29, 0.717) is 34.8 Å². The fraction of sp³-hybridized carbons (Fsp3) is 0.625. The van der Waals surface area contributed by atoms with Crippen LogP contribution in [0.1, 0.15) is 142 Å². The van der Waals surface area contributed by atoms with Crippen LogP contribution in [0.15, 0.2) is 34.1 Å². The molecule has 2 aromatic carbocycles. The Balaban J connectivity index is 1.49. The third-order valence-electron chi connectivity index (χ3n) is 10.0. The van der Waals surface area contributed by atoms with Gasteiger partial charge >= 0.3 is 10.1 Å². The molecule has 40 heavy (non-hydrogen) atoms. The fourth-order valence-corrected chi connectivity index (χ4v) is 10.3. The fourth-order valence-electron chi connectivity index (χ4n) is 8.02. The Labute approximate surface area is 239 Å². The van der Waals surface area contributed by atoms with Crippen LogP contribution in [0.2, 0.25) is 0 Å². The van der Waals surface area contributed by atoms with Crippen LogP contribution in [0.4, 0.5) is 0 Å². The highest BCUT2D eigenvalue weighted by Crippen LogP contribution is 2.47. The second-order valence-corrected chi connectivity index (χ2v) is 15.4. The Kier molecular flexibility index (Phi) is 8.05.